The van der Waals surface area contributed by atoms with Gasteiger partial charge in [0, 0.05) is 4.75 Å². The van der Waals surface area contributed by atoms with Crippen LogP contribution >= 0.6 is 12.6 Å². The molecule has 7 heavy (non-hydrogen) atoms. The van der Waals surface area contributed by atoms with Gasteiger partial charge in [-0.1, -0.05) is 6.08 Å². The first-order valence-corrected chi connectivity index (χ1v) is 3.05. The predicted octanol–water partition coefficient (Wildman–Crippen LogP) is 2.02. The van der Waals surface area contributed by atoms with E-state index in [1.54, 1.807) is 0 Å². The van der Waals surface area contributed by atoms with Crippen molar-refractivity contribution < 1.29 is 0 Å². The fourth-order valence-electron chi connectivity index (χ4n) is 0.617. The van der Waals surface area contributed by atoms with E-state index in [0.29, 0.717) is 4.75 Å². The summed E-state index contributed by atoms with van der Waals surface area (Å²) in [5.41, 5.74) is 0. The molecule has 1 fully saturated rings. The summed E-state index contributed by atoms with van der Waals surface area (Å²) in [5, 5.41) is 0. The fraction of sp³-hybridized carbons (Fsp3) is 0.667. The summed E-state index contributed by atoms with van der Waals surface area (Å²) in [6, 6.07) is 0. The molecule has 0 aromatic rings. The van der Waals surface area contributed by atoms with Gasteiger partial charge < -0.3 is 0 Å². The number of thiol groups is 1. The number of hydrogen-bond acceptors (Lipinski definition) is 1. The second-order valence-corrected chi connectivity index (χ2v) is 3.17. The third-order valence-corrected chi connectivity index (χ3v) is 1.98. The van der Waals surface area contributed by atoms with Gasteiger partial charge in [0.05, 0.1) is 0 Å². The molecule has 1 saturated carbocycles. The maximum atomic E-state index is 4.37. The Hall–Kier alpha value is 0.0900. The molecule has 40 valence electrons. The highest BCUT2D eigenvalue weighted by Crippen LogP contribution is 2.45. The van der Waals surface area contributed by atoms with Gasteiger partial charge in [-0.3, -0.25) is 0 Å². The van der Waals surface area contributed by atoms with E-state index in [4.69, 9.17) is 0 Å². The van der Waals surface area contributed by atoms with Crippen LogP contribution in [0.15, 0.2) is 12.7 Å². The normalized spacial score (nSPS) is 24.1. The lowest BCUT2D eigenvalue weighted by molar-refractivity contribution is 0.934. The largest absolute Gasteiger partial charge is 0.172 e. The van der Waals surface area contributed by atoms with Crippen molar-refractivity contribution in [2.24, 2.45) is 0 Å². The van der Waals surface area contributed by atoms with Crippen LogP contribution in [-0.4, -0.2) is 4.75 Å². The van der Waals surface area contributed by atoms with E-state index in [-0.39, 0.29) is 0 Å². The minimum Gasteiger partial charge on any atom is -0.172 e. The Kier molecular flexibility index (Phi) is 1.16. The van der Waals surface area contributed by atoms with E-state index in [1.165, 1.54) is 12.8 Å². The van der Waals surface area contributed by atoms with Gasteiger partial charge in [0.1, 0.15) is 0 Å². The van der Waals surface area contributed by atoms with E-state index in [9.17, 15) is 0 Å². The highest BCUT2D eigenvalue weighted by Gasteiger charge is 2.36. The maximum Gasteiger partial charge on any atom is 0.0165 e. The molecule has 0 aromatic heterocycles. The summed E-state index contributed by atoms with van der Waals surface area (Å²) in [6.45, 7) is 3.64. The molecule has 0 atom stereocenters. The highest BCUT2D eigenvalue weighted by molar-refractivity contribution is 7.82. The Morgan fingerprint density at radius 2 is 2.29 bits per heavy atom. The molecule has 1 heteroatoms. The number of hydrogen-bond donors (Lipinski definition) is 1. The predicted molar refractivity (Wildman–Crippen MR) is 35.8 cm³/mol. The van der Waals surface area contributed by atoms with Gasteiger partial charge in [-0.2, -0.15) is 12.6 Å². The molecule has 0 nitrogen and oxygen atoms in total. The summed E-state index contributed by atoms with van der Waals surface area (Å²) >= 11 is 4.37. The summed E-state index contributed by atoms with van der Waals surface area (Å²) in [6.07, 6.45) is 5.58. The second kappa shape index (κ2) is 1.55. The minimum atomic E-state index is 0.377. The molecular formula is C6H10S. The van der Waals surface area contributed by atoms with Gasteiger partial charge >= 0.3 is 0 Å². The van der Waals surface area contributed by atoms with Crippen LogP contribution in [0.3, 0.4) is 0 Å². The van der Waals surface area contributed by atoms with Crippen LogP contribution < -0.4 is 0 Å². The molecule has 0 heterocycles. The van der Waals surface area contributed by atoms with Gasteiger partial charge in [0.15, 0.2) is 0 Å². The lowest BCUT2D eigenvalue weighted by atomic mass is 10.3. The molecular weight excluding hydrogens is 104 g/mol. The molecule has 1 aliphatic carbocycles. The van der Waals surface area contributed by atoms with E-state index in [2.05, 4.69) is 19.2 Å². The Morgan fingerprint density at radius 1 is 1.71 bits per heavy atom. The molecule has 0 unspecified atom stereocenters. The molecule has 0 N–H and O–H groups in total. The van der Waals surface area contributed by atoms with Gasteiger partial charge in [0.25, 0.3) is 0 Å². The van der Waals surface area contributed by atoms with Gasteiger partial charge in [0.2, 0.25) is 0 Å². The summed E-state index contributed by atoms with van der Waals surface area (Å²) in [5.74, 6) is 0. The Bertz CT molecular complexity index is 82.2. The lowest BCUT2D eigenvalue weighted by Crippen LogP contribution is -1.91. The average molecular weight is 114 g/mol. The zero-order chi connectivity index (χ0) is 5.33. The van der Waals surface area contributed by atoms with Gasteiger partial charge in [-0.25, -0.2) is 0 Å². The third-order valence-electron chi connectivity index (χ3n) is 1.35. The summed E-state index contributed by atoms with van der Waals surface area (Å²) in [4.78, 5) is 0. The van der Waals surface area contributed by atoms with Crippen LogP contribution in [0.2, 0.25) is 0 Å². The molecule has 0 amide bonds. The fourth-order valence-corrected chi connectivity index (χ4v) is 0.858. The average Bonchev–Trinajstić information content (AvgIpc) is 2.22. The monoisotopic (exact) mass is 114 g/mol. The maximum absolute atomic E-state index is 4.37. The van der Waals surface area contributed by atoms with Crippen LogP contribution in [0, 0.1) is 0 Å². The summed E-state index contributed by atoms with van der Waals surface area (Å²) < 4.78 is 0.377. The molecule has 0 radical (unpaired) electrons. The molecule has 1 aliphatic rings. The van der Waals surface area contributed by atoms with Crippen LogP contribution in [0.5, 0.6) is 0 Å². The van der Waals surface area contributed by atoms with Crippen molar-refractivity contribution in [2.75, 3.05) is 0 Å². The quantitative estimate of drug-likeness (QED) is 0.412. The van der Waals surface area contributed by atoms with E-state index in [1.807, 2.05) is 6.08 Å². The standard InChI is InChI=1S/C6H10S/c1-2-3-6(7)4-5-6/h2,7H,1,3-5H2. The van der Waals surface area contributed by atoms with Crippen molar-refractivity contribution in [3.05, 3.63) is 12.7 Å². The first-order chi connectivity index (χ1) is 3.27. The van der Waals surface area contributed by atoms with Gasteiger partial charge in [-0.15, -0.1) is 6.58 Å². The highest BCUT2D eigenvalue weighted by atomic mass is 32.1. The SMILES string of the molecule is C=CCC1(S)CC1. The topological polar surface area (TPSA) is 0 Å². The zero-order valence-electron chi connectivity index (χ0n) is 4.35. The second-order valence-electron chi connectivity index (χ2n) is 2.22. The van der Waals surface area contributed by atoms with E-state index < -0.39 is 0 Å². The molecule has 0 spiro atoms. The van der Waals surface area contributed by atoms with Crippen molar-refractivity contribution in [3.63, 3.8) is 0 Å². The van der Waals surface area contributed by atoms with Crippen LogP contribution in [-0.2, 0) is 0 Å². The Balaban J connectivity index is 2.25. The van der Waals surface area contributed by atoms with Crippen molar-refractivity contribution >= 4 is 12.6 Å². The lowest BCUT2D eigenvalue weighted by Gasteiger charge is -1.97. The van der Waals surface area contributed by atoms with Crippen LogP contribution in [0.25, 0.3) is 0 Å². The Labute approximate surface area is 50.0 Å². The first-order valence-electron chi connectivity index (χ1n) is 2.60. The van der Waals surface area contributed by atoms with Gasteiger partial charge in [-0.05, 0) is 19.3 Å². The molecule has 0 bridgehead atoms. The number of allylic oxidation sites excluding steroid dienone is 1. The molecule has 1 rings (SSSR count). The molecule has 0 saturated heterocycles. The summed E-state index contributed by atoms with van der Waals surface area (Å²) in [7, 11) is 0. The van der Waals surface area contributed by atoms with Crippen molar-refractivity contribution in [3.8, 4) is 0 Å². The van der Waals surface area contributed by atoms with Crippen molar-refractivity contribution in [1.82, 2.24) is 0 Å². The molecule has 0 aromatic carbocycles. The first kappa shape index (κ1) is 5.23. The number of rotatable bonds is 2. The van der Waals surface area contributed by atoms with Crippen molar-refractivity contribution in [1.29, 1.82) is 0 Å². The van der Waals surface area contributed by atoms with E-state index >= 15 is 0 Å². The zero-order valence-corrected chi connectivity index (χ0v) is 5.25. The Morgan fingerprint density at radius 3 is 2.43 bits per heavy atom. The van der Waals surface area contributed by atoms with Crippen molar-refractivity contribution in [2.45, 2.75) is 24.0 Å². The minimum absolute atomic E-state index is 0.377. The third kappa shape index (κ3) is 1.23. The van der Waals surface area contributed by atoms with Crippen LogP contribution in [0.1, 0.15) is 19.3 Å². The van der Waals surface area contributed by atoms with Crippen LogP contribution in [0.4, 0.5) is 0 Å². The smallest absolute Gasteiger partial charge is 0.0165 e. The molecule has 0 aliphatic heterocycles. The van der Waals surface area contributed by atoms with E-state index in [0.717, 1.165) is 6.42 Å².